The molecule has 0 aliphatic carbocycles. The molecule has 6 nitrogen and oxygen atoms in total. The lowest BCUT2D eigenvalue weighted by Crippen LogP contribution is -1.98. The maximum absolute atomic E-state index is 5.53. The van der Waals surface area contributed by atoms with E-state index in [4.69, 9.17) is 9.97 Å². The second-order valence-corrected chi connectivity index (χ2v) is 15.3. The van der Waals surface area contributed by atoms with Gasteiger partial charge in [0.25, 0.3) is 0 Å². The highest BCUT2D eigenvalue weighted by Gasteiger charge is 2.24. The monoisotopic (exact) mass is 720 g/mol. The van der Waals surface area contributed by atoms with E-state index < -0.39 is 0 Å². The molecule has 0 saturated heterocycles. The zero-order chi connectivity index (χ0) is 35.8. The van der Waals surface area contributed by atoms with E-state index in [-0.39, 0.29) is 0 Å². The van der Waals surface area contributed by atoms with Crippen LogP contribution in [-0.2, 0) is 0 Å². The molecular formula is C48H28N6S. The largest absolute Gasteiger partial charge is 0.309 e. The Morgan fingerprint density at radius 2 is 1.05 bits per heavy atom. The molecule has 0 N–H and O–H groups in total. The molecule has 0 amide bonds. The molecule has 6 heterocycles. The molecule has 0 saturated carbocycles. The van der Waals surface area contributed by atoms with E-state index >= 15 is 0 Å². The summed E-state index contributed by atoms with van der Waals surface area (Å²) in [6.45, 7) is 0. The minimum Gasteiger partial charge on any atom is -0.309 e. The summed E-state index contributed by atoms with van der Waals surface area (Å²) in [5, 5.41) is 7.29. The normalized spacial score (nSPS) is 12.4. The Labute approximate surface area is 317 Å². The van der Waals surface area contributed by atoms with Crippen LogP contribution in [0.15, 0.2) is 170 Å². The van der Waals surface area contributed by atoms with Crippen LogP contribution in [0.5, 0.6) is 0 Å². The van der Waals surface area contributed by atoms with Gasteiger partial charge >= 0.3 is 0 Å². The number of thiophene rings is 1. The van der Waals surface area contributed by atoms with E-state index in [1.807, 2.05) is 17.5 Å². The van der Waals surface area contributed by atoms with Gasteiger partial charge in [-0.2, -0.15) is 0 Å². The quantitative estimate of drug-likeness (QED) is 0.182. The minimum atomic E-state index is 0.886. The van der Waals surface area contributed by atoms with Gasteiger partial charge in [0.1, 0.15) is 5.52 Å². The maximum Gasteiger partial charge on any atom is 0.220 e. The van der Waals surface area contributed by atoms with E-state index in [9.17, 15) is 0 Å². The number of pyridine rings is 1. The molecule has 0 spiro atoms. The van der Waals surface area contributed by atoms with Gasteiger partial charge in [0.15, 0.2) is 5.82 Å². The van der Waals surface area contributed by atoms with Crippen molar-refractivity contribution in [1.82, 2.24) is 28.1 Å². The first-order valence-electron chi connectivity index (χ1n) is 18.5. The van der Waals surface area contributed by atoms with Crippen molar-refractivity contribution in [3.05, 3.63) is 170 Å². The molecular weight excluding hydrogens is 693 g/mol. The zero-order valence-corrected chi connectivity index (χ0v) is 30.1. The summed E-state index contributed by atoms with van der Waals surface area (Å²) in [5.41, 5.74) is 11.1. The van der Waals surface area contributed by atoms with Crippen LogP contribution >= 0.6 is 11.3 Å². The van der Waals surface area contributed by atoms with Crippen molar-refractivity contribution in [3.63, 3.8) is 0 Å². The summed E-state index contributed by atoms with van der Waals surface area (Å²) in [5.74, 6) is 1.81. The first kappa shape index (κ1) is 29.3. The molecule has 0 bridgehead atoms. The number of aromatic nitrogens is 6. The lowest BCUT2D eigenvalue weighted by Gasteiger charge is -2.09. The number of hydrogen-bond donors (Lipinski definition) is 0. The molecule has 7 heteroatoms. The molecule has 0 atom stereocenters. The predicted octanol–water partition coefficient (Wildman–Crippen LogP) is 12.4. The summed E-state index contributed by atoms with van der Waals surface area (Å²) in [4.78, 5) is 10.7. The molecule has 13 aromatic rings. The molecule has 0 aliphatic heterocycles. The number of imidazole rings is 2. The average molecular weight is 721 g/mol. The number of nitrogens with zero attached hydrogens (tertiary/aromatic N) is 6. The maximum atomic E-state index is 5.53. The second-order valence-electron chi connectivity index (χ2n) is 14.3. The van der Waals surface area contributed by atoms with Gasteiger partial charge in [-0.15, -0.1) is 11.3 Å². The van der Waals surface area contributed by atoms with E-state index in [0.717, 1.165) is 66.2 Å². The zero-order valence-electron chi connectivity index (χ0n) is 29.3. The Hall–Kier alpha value is -7.22. The molecule has 13 rings (SSSR count). The fourth-order valence-corrected chi connectivity index (χ4v) is 10.3. The van der Waals surface area contributed by atoms with Gasteiger partial charge in [-0.05, 0) is 78.9 Å². The van der Waals surface area contributed by atoms with Crippen LogP contribution < -0.4 is 0 Å². The molecule has 7 aromatic carbocycles. The molecule has 0 fully saturated rings. The highest BCUT2D eigenvalue weighted by atomic mass is 32.1. The van der Waals surface area contributed by atoms with E-state index in [0.29, 0.717) is 0 Å². The number of rotatable bonds is 3. The number of benzene rings is 7. The summed E-state index contributed by atoms with van der Waals surface area (Å²) in [6.07, 6.45) is 1.97. The Morgan fingerprint density at radius 1 is 0.418 bits per heavy atom. The second kappa shape index (κ2) is 10.7. The third kappa shape index (κ3) is 3.82. The van der Waals surface area contributed by atoms with Crippen LogP contribution in [0.25, 0.3) is 109 Å². The van der Waals surface area contributed by atoms with Crippen molar-refractivity contribution in [2.45, 2.75) is 0 Å². The van der Waals surface area contributed by atoms with Gasteiger partial charge < -0.3 is 4.57 Å². The summed E-state index contributed by atoms with van der Waals surface area (Å²) in [7, 11) is 0. The first-order chi connectivity index (χ1) is 27.3. The first-order valence-corrected chi connectivity index (χ1v) is 19.3. The highest BCUT2D eigenvalue weighted by molar-refractivity contribution is 7.26. The van der Waals surface area contributed by atoms with Crippen LogP contribution in [0.3, 0.4) is 0 Å². The molecule has 0 unspecified atom stereocenters. The Kier molecular flexibility index (Phi) is 5.69. The van der Waals surface area contributed by atoms with Crippen molar-refractivity contribution < 1.29 is 0 Å². The third-order valence-electron chi connectivity index (χ3n) is 11.4. The standard InChI is InChI=1S/C48H28N6S/c1-2-12-29(13-3-1)52-40-20-10-11-21-41(40)53-42-24-23-34-33-16-6-9-19-39(33)54(45(34)44(42)50-48(52)53)47-46-35(26-27-49-47)36-28-30(22-25-43(36)55-46)51-37-17-7-4-14-31(37)32-15-5-8-18-38(32)51/h1-28H. The van der Waals surface area contributed by atoms with Crippen molar-refractivity contribution in [2.75, 3.05) is 0 Å². The van der Waals surface area contributed by atoms with Gasteiger partial charge in [0.2, 0.25) is 5.78 Å². The van der Waals surface area contributed by atoms with Gasteiger partial charge in [-0.3, -0.25) is 13.5 Å². The van der Waals surface area contributed by atoms with Crippen LogP contribution in [0.4, 0.5) is 0 Å². The highest BCUT2D eigenvalue weighted by Crippen LogP contribution is 2.43. The Morgan fingerprint density at radius 3 is 1.80 bits per heavy atom. The molecule has 256 valence electrons. The lowest BCUT2D eigenvalue weighted by atomic mass is 10.1. The van der Waals surface area contributed by atoms with E-state index in [2.05, 4.69) is 182 Å². The molecule has 0 aliphatic rings. The number of hydrogen-bond acceptors (Lipinski definition) is 3. The number of para-hydroxylation sites is 6. The van der Waals surface area contributed by atoms with Crippen LogP contribution in [0.1, 0.15) is 0 Å². The predicted molar refractivity (Wildman–Crippen MR) is 229 cm³/mol. The summed E-state index contributed by atoms with van der Waals surface area (Å²) < 4.78 is 11.7. The fraction of sp³-hybridized carbons (Fsp3) is 0. The van der Waals surface area contributed by atoms with Crippen LogP contribution in [0.2, 0.25) is 0 Å². The lowest BCUT2D eigenvalue weighted by molar-refractivity contribution is 1.10. The topological polar surface area (TPSA) is 45.0 Å². The summed E-state index contributed by atoms with van der Waals surface area (Å²) in [6, 6.07) is 58.8. The molecule has 0 radical (unpaired) electrons. The van der Waals surface area contributed by atoms with Crippen molar-refractivity contribution >= 4 is 103 Å². The fourth-order valence-electron chi connectivity index (χ4n) is 9.14. The van der Waals surface area contributed by atoms with Crippen molar-refractivity contribution in [3.8, 4) is 17.2 Å². The smallest absolute Gasteiger partial charge is 0.220 e. The Bertz CT molecular complexity index is 3670. The number of fused-ring (bicyclic) bond motifs is 15. The molecule has 55 heavy (non-hydrogen) atoms. The van der Waals surface area contributed by atoms with Gasteiger partial charge in [-0.1, -0.05) is 84.9 Å². The van der Waals surface area contributed by atoms with Crippen molar-refractivity contribution in [2.24, 2.45) is 0 Å². The third-order valence-corrected chi connectivity index (χ3v) is 12.6. The van der Waals surface area contributed by atoms with Gasteiger partial charge in [0, 0.05) is 54.6 Å². The SMILES string of the molecule is c1ccc(-n2c3ccccc3n3c4ccc5c6ccccc6n(-c6nccc7c6sc6ccc(-n8c9ccccc9c9ccccc98)cc67)c5c4nc23)cc1. The van der Waals surface area contributed by atoms with Crippen molar-refractivity contribution in [1.29, 1.82) is 0 Å². The average Bonchev–Trinajstić information content (AvgIpc) is 4.04. The van der Waals surface area contributed by atoms with Crippen LogP contribution in [-0.4, -0.2) is 28.1 Å². The minimum absolute atomic E-state index is 0.886. The van der Waals surface area contributed by atoms with Gasteiger partial charge in [0.05, 0.1) is 43.3 Å². The summed E-state index contributed by atoms with van der Waals surface area (Å²) >= 11 is 1.81. The van der Waals surface area contributed by atoms with E-state index in [1.54, 1.807) is 0 Å². The Balaban J connectivity index is 1.11. The van der Waals surface area contributed by atoms with Gasteiger partial charge in [-0.25, -0.2) is 9.97 Å². The van der Waals surface area contributed by atoms with Crippen LogP contribution in [0, 0.1) is 0 Å². The van der Waals surface area contributed by atoms with E-state index in [1.165, 1.54) is 42.7 Å². The molecule has 6 aromatic heterocycles.